The van der Waals surface area contributed by atoms with E-state index < -0.39 is 10.1 Å². The van der Waals surface area contributed by atoms with Gasteiger partial charge < -0.3 is 0 Å². The average Bonchev–Trinajstić information content (AvgIpc) is 1.35. The van der Waals surface area contributed by atoms with Crippen LogP contribution in [0.2, 0.25) is 0 Å². The minimum atomic E-state index is -3.66. The van der Waals surface area contributed by atoms with Crippen LogP contribution in [0.5, 0.6) is 0 Å². The highest BCUT2D eigenvalue weighted by Gasteiger charge is 1.93. The maximum atomic E-state index is 9.56. The first kappa shape index (κ1) is 10.0. The van der Waals surface area contributed by atoms with E-state index in [9.17, 15) is 8.42 Å². The number of rotatable bonds is 1. The average molecular weight is 126 g/mol. The topological polar surface area (TPSA) is 54.4 Å². The van der Waals surface area contributed by atoms with Gasteiger partial charge in [0.05, 0.1) is 5.75 Å². The molecule has 3 nitrogen and oxygen atoms in total. The summed E-state index contributed by atoms with van der Waals surface area (Å²) in [5, 5.41) is 0. The van der Waals surface area contributed by atoms with Gasteiger partial charge in [0.2, 0.25) is 0 Å². The van der Waals surface area contributed by atoms with Crippen molar-refractivity contribution in [3.05, 3.63) is 0 Å². The van der Waals surface area contributed by atoms with Gasteiger partial charge in [0.25, 0.3) is 10.1 Å². The molecule has 0 radical (unpaired) electrons. The molecule has 1 N–H and O–H groups in total. The summed E-state index contributed by atoms with van der Waals surface area (Å²) in [6.07, 6.45) is 0. The molecule has 0 saturated heterocycles. The van der Waals surface area contributed by atoms with Crippen molar-refractivity contribution in [2.75, 3.05) is 5.75 Å². The lowest BCUT2D eigenvalue weighted by Crippen LogP contribution is -1.97. The quantitative estimate of drug-likeness (QED) is 0.521. The van der Waals surface area contributed by atoms with Crippen LogP contribution in [-0.2, 0) is 10.1 Å². The van der Waals surface area contributed by atoms with Crippen LogP contribution in [0.3, 0.4) is 0 Å². The van der Waals surface area contributed by atoms with Crippen molar-refractivity contribution in [3.63, 3.8) is 0 Å². The Bertz CT molecular complexity index is 112. The molecule has 7 heavy (non-hydrogen) atoms. The van der Waals surface area contributed by atoms with Crippen LogP contribution in [0, 0.1) is 0 Å². The van der Waals surface area contributed by atoms with Gasteiger partial charge in [0.1, 0.15) is 0 Å². The molecular formula is C3H10O3S. The zero-order chi connectivity index (χ0) is 5.21. The first-order valence-corrected chi connectivity index (χ1v) is 3.12. The summed E-state index contributed by atoms with van der Waals surface area (Å²) in [5.74, 6) is -0.201. The van der Waals surface area contributed by atoms with Crippen LogP contribution in [0.25, 0.3) is 0 Å². The Kier molecular flexibility index (Phi) is 4.27. The molecule has 0 saturated carbocycles. The van der Waals surface area contributed by atoms with Crippen molar-refractivity contribution < 1.29 is 13.0 Å². The molecule has 0 aromatic carbocycles. The Morgan fingerprint density at radius 2 is 1.71 bits per heavy atom. The lowest BCUT2D eigenvalue weighted by Gasteiger charge is -1.79. The smallest absolute Gasteiger partial charge is 0.264 e. The van der Waals surface area contributed by atoms with Gasteiger partial charge in [-0.15, -0.1) is 0 Å². The summed E-state index contributed by atoms with van der Waals surface area (Å²) in [4.78, 5) is 0. The van der Waals surface area contributed by atoms with Crippen LogP contribution in [-0.4, -0.2) is 18.7 Å². The van der Waals surface area contributed by atoms with Crippen molar-refractivity contribution in [2.45, 2.75) is 14.4 Å². The van der Waals surface area contributed by atoms with Crippen LogP contribution in [0.1, 0.15) is 14.4 Å². The van der Waals surface area contributed by atoms with Crippen LogP contribution in [0.15, 0.2) is 0 Å². The molecule has 0 aliphatic rings. The molecular weight excluding hydrogens is 116 g/mol. The molecule has 0 bridgehead atoms. The first-order valence-electron chi connectivity index (χ1n) is 1.51. The lowest BCUT2D eigenvalue weighted by molar-refractivity contribution is 0.484. The van der Waals surface area contributed by atoms with E-state index in [4.69, 9.17) is 4.55 Å². The second-order valence-electron chi connectivity index (χ2n) is 0.871. The molecule has 46 valence electrons. The highest BCUT2D eigenvalue weighted by Crippen LogP contribution is 1.74. The van der Waals surface area contributed by atoms with Gasteiger partial charge in [-0.3, -0.25) is 4.55 Å². The van der Waals surface area contributed by atoms with E-state index in [1.54, 1.807) is 0 Å². The highest BCUT2D eigenvalue weighted by molar-refractivity contribution is 7.85. The molecule has 0 fully saturated rings. The first-order chi connectivity index (χ1) is 2.56. The van der Waals surface area contributed by atoms with Gasteiger partial charge in [0, 0.05) is 0 Å². The Balaban J connectivity index is 0. The van der Waals surface area contributed by atoms with E-state index >= 15 is 0 Å². The summed E-state index contributed by atoms with van der Waals surface area (Å²) in [7, 11) is -3.66. The molecule has 0 amide bonds. The fourth-order valence-corrected chi connectivity index (χ4v) is 0. The molecule has 0 heterocycles. The second kappa shape index (κ2) is 2.98. The zero-order valence-electron chi connectivity index (χ0n) is 3.38. The Morgan fingerprint density at radius 1 is 1.57 bits per heavy atom. The van der Waals surface area contributed by atoms with Crippen molar-refractivity contribution >= 4 is 10.1 Å². The molecule has 0 aliphatic heterocycles. The summed E-state index contributed by atoms with van der Waals surface area (Å²) < 4.78 is 26.9. The minimum Gasteiger partial charge on any atom is -0.286 e. The Labute approximate surface area is 44.1 Å². The minimum absolute atomic E-state index is 0. The monoisotopic (exact) mass is 126 g/mol. The highest BCUT2D eigenvalue weighted by atomic mass is 32.2. The SMILES string of the molecule is C.CCS(=O)(=O)O. The van der Waals surface area contributed by atoms with E-state index in [1.165, 1.54) is 6.92 Å². The van der Waals surface area contributed by atoms with Crippen molar-refractivity contribution in [3.8, 4) is 0 Å². The molecule has 0 aromatic heterocycles. The van der Waals surface area contributed by atoms with Gasteiger partial charge in [-0.1, -0.05) is 7.43 Å². The van der Waals surface area contributed by atoms with E-state index in [1.807, 2.05) is 0 Å². The fourth-order valence-electron chi connectivity index (χ4n) is 0. The van der Waals surface area contributed by atoms with E-state index in [0.29, 0.717) is 0 Å². The second-order valence-corrected chi connectivity index (χ2v) is 2.61. The third-order valence-corrected chi connectivity index (χ3v) is 1.09. The maximum absolute atomic E-state index is 9.56. The van der Waals surface area contributed by atoms with Gasteiger partial charge >= 0.3 is 0 Å². The van der Waals surface area contributed by atoms with Crippen LogP contribution in [0.4, 0.5) is 0 Å². The van der Waals surface area contributed by atoms with Gasteiger partial charge in [-0.05, 0) is 6.92 Å². The molecule has 0 unspecified atom stereocenters. The lowest BCUT2D eigenvalue weighted by atomic mass is 11.0. The fraction of sp³-hybridized carbons (Fsp3) is 1.00. The van der Waals surface area contributed by atoms with E-state index in [0.717, 1.165) is 0 Å². The summed E-state index contributed by atoms with van der Waals surface area (Å²) in [5.41, 5.74) is 0. The number of hydrogen-bond donors (Lipinski definition) is 1. The van der Waals surface area contributed by atoms with Crippen LogP contribution < -0.4 is 0 Å². The Morgan fingerprint density at radius 3 is 1.71 bits per heavy atom. The summed E-state index contributed by atoms with van der Waals surface area (Å²) >= 11 is 0. The third-order valence-electron chi connectivity index (χ3n) is 0.365. The molecule has 0 atom stereocenters. The molecule has 4 heteroatoms. The molecule has 0 rings (SSSR count). The predicted octanol–water partition coefficient (Wildman–Crippen LogP) is 0.530. The molecule has 0 aromatic rings. The van der Waals surface area contributed by atoms with Gasteiger partial charge in [-0.2, -0.15) is 8.42 Å². The predicted molar refractivity (Wildman–Crippen MR) is 28.8 cm³/mol. The summed E-state index contributed by atoms with van der Waals surface area (Å²) in [6, 6.07) is 0. The largest absolute Gasteiger partial charge is 0.286 e. The van der Waals surface area contributed by atoms with Crippen molar-refractivity contribution in [1.29, 1.82) is 0 Å². The Hall–Kier alpha value is -0.0900. The van der Waals surface area contributed by atoms with E-state index in [-0.39, 0.29) is 13.2 Å². The van der Waals surface area contributed by atoms with Crippen molar-refractivity contribution in [2.24, 2.45) is 0 Å². The summed E-state index contributed by atoms with van der Waals surface area (Å²) in [6.45, 7) is 1.37. The standard InChI is InChI=1S/C2H6O3S.CH4/c1-2-6(3,4)5;/h2H2,1H3,(H,3,4,5);1H4. The third kappa shape index (κ3) is 10.7. The van der Waals surface area contributed by atoms with Crippen molar-refractivity contribution in [1.82, 2.24) is 0 Å². The van der Waals surface area contributed by atoms with Gasteiger partial charge in [0.15, 0.2) is 0 Å². The number of hydrogen-bond acceptors (Lipinski definition) is 2. The van der Waals surface area contributed by atoms with E-state index in [2.05, 4.69) is 0 Å². The molecule has 0 aliphatic carbocycles. The molecule has 0 spiro atoms. The normalized spacial score (nSPS) is 10.0. The van der Waals surface area contributed by atoms with Gasteiger partial charge in [-0.25, -0.2) is 0 Å². The maximum Gasteiger partial charge on any atom is 0.264 e. The zero-order valence-corrected chi connectivity index (χ0v) is 4.20. The van der Waals surface area contributed by atoms with Crippen LogP contribution >= 0.6 is 0 Å².